The van der Waals surface area contributed by atoms with Gasteiger partial charge in [0.25, 0.3) is 0 Å². The van der Waals surface area contributed by atoms with Gasteiger partial charge in [-0.2, -0.15) is 0 Å². The molecule has 0 aliphatic rings. The van der Waals surface area contributed by atoms with Crippen molar-refractivity contribution < 1.29 is 0 Å². The molecule has 0 saturated heterocycles. The quantitative estimate of drug-likeness (QED) is 0.0380. The summed E-state index contributed by atoms with van der Waals surface area (Å²) >= 11 is 0. The Hall–Kier alpha value is -7.86. The Bertz CT molecular complexity index is 3960. The lowest BCUT2D eigenvalue weighted by Crippen LogP contribution is -1.98. The van der Waals surface area contributed by atoms with Crippen LogP contribution in [0.25, 0.3) is 115 Å². The second-order valence-corrected chi connectivity index (χ2v) is 26.4. The smallest absolute Gasteiger partial charge is 0.113 e. The van der Waals surface area contributed by atoms with E-state index in [-0.39, 0.29) is 0 Å². The fourth-order valence-corrected chi connectivity index (χ4v) is 14.7. The van der Waals surface area contributed by atoms with Crippen molar-refractivity contribution in [2.75, 3.05) is 0 Å². The first-order valence-corrected chi connectivity index (χ1v) is 35.5. The van der Waals surface area contributed by atoms with Crippen molar-refractivity contribution in [1.29, 1.82) is 0 Å². The van der Waals surface area contributed by atoms with Crippen LogP contribution in [-0.4, -0.2) is 58.2 Å². The van der Waals surface area contributed by atoms with Gasteiger partial charge in [0, 0.05) is 101 Å². The topological polar surface area (TPSA) is 105 Å². The Morgan fingerprint density at radius 2 is 0.467 bits per heavy atom. The molecular formula is C78H96N12. The number of hydrogen-bond donors (Lipinski definition) is 0. The highest BCUT2D eigenvalue weighted by atomic mass is 15.4. The van der Waals surface area contributed by atoms with E-state index >= 15 is 0 Å². The fourth-order valence-electron chi connectivity index (χ4n) is 14.7. The minimum atomic E-state index is 0.836. The molecule has 0 saturated carbocycles. The van der Waals surface area contributed by atoms with E-state index in [2.05, 4.69) is 162 Å². The van der Waals surface area contributed by atoms with Crippen molar-refractivity contribution >= 4 is 115 Å². The summed E-state index contributed by atoms with van der Waals surface area (Å²) in [6.45, 7) is 9.81. The van der Waals surface area contributed by atoms with E-state index in [4.69, 9.17) is 30.9 Å². The van der Waals surface area contributed by atoms with E-state index in [9.17, 15) is 0 Å². The standard InChI is InChI=1S/C78H96N12/c1-4-7-10-13-16-19-22-25-28-31-46-85-73-40-34-58-49-64(73)65-50-59(35-41-74(65)85)71-56-89(83-80-71)62-38-44-77-68(53-62)69-54-63(39-45-78(69)87(77)48-33-30-27-24-21-18-15-12-9-6-3)90-57-72(81-84-90)60-36-42-75-66(51-60)67-52-61(88-55-70(58)79-82-88)37-43-76(67)86(75)47-32-29-26-23-20-17-14-11-8-5-2/h34-45,49-57H,4-33,46-48H2,1-3H3. The van der Waals surface area contributed by atoms with Crippen LogP contribution in [-0.2, 0) is 19.6 Å². The van der Waals surface area contributed by atoms with Gasteiger partial charge in [-0.25, -0.2) is 13.5 Å². The monoisotopic (exact) mass is 1200 g/mol. The van der Waals surface area contributed by atoms with Crippen LogP contribution in [0.5, 0.6) is 0 Å². The van der Waals surface area contributed by atoms with Crippen molar-refractivity contribution in [2.45, 2.75) is 233 Å². The molecule has 12 heteroatoms. The maximum atomic E-state index is 4.89. The van der Waals surface area contributed by atoms with Crippen molar-refractivity contribution in [2.24, 2.45) is 0 Å². The first-order valence-electron chi connectivity index (χ1n) is 35.5. The highest BCUT2D eigenvalue weighted by Gasteiger charge is 2.17. The van der Waals surface area contributed by atoms with Crippen molar-refractivity contribution in [3.05, 3.63) is 128 Å². The molecule has 12 nitrogen and oxygen atoms in total. The van der Waals surface area contributed by atoms with Crippen LogP contribution < -0.4 is 0 Å². The molecule has 90 heavy (non-hydrogen) atoms. The average Bonchev–Trinajstić information content (AvgIpc) is 1.63. The van der Waals surface area contributed by atoms with Gasteiger partial charge in [-0.3, -0.25) is 0 Å². The molecule has 7 heterocycles. The summed E-state index contributed by atoms with van der Waals surface area (Å²) in [5.74, 6) is 0. The second-order valence-electron chi connectivity index (χ2n) is 26.4. The Morgan fingerprint density at radius 3 is 0.722 bits per heavy atom. The van der Waals surface area contributed by atoms with Crippen LogP contribution in [0.3, 0.4) is 0 Å². The van der Waals surface area contributed by atoms with Crippen LogP contribution in [0.2, 0.25) is 0 Å². The number of hydrogen-bond acceptors (Lipinski definition) is 6. The number of aromatic nitrogens is 12. The molecule has 468 valence electrons. The number of rotatable bonds is 33. The summed E-state index contributed by atoms with van der Waals surface area (Å²) in [6, 6.07) is 41.1. The lowest BCUT2D eigenvalue weighted by atomic mass is 10.1. The molecule has 0 radical (unpaired) electrons. The lowest BCUT2D eigenvalue weighted by Gasteiger charge is -2.08. The molecule has 0 aliphatic carbocycles. The first-order chi connectivity index (χ1) is 44.5. The molecule has 13 rings (SSSR count). The number of benzene rings is 6. The minimum absolute atomic E-state index is 0.836. The summed E-state index contributed by atoms with van der Waals surface area (Å²) in [5.41, 5.74) is 12.9. The van der Waals surface area contributed by atoms with Crippen molar-refractivity contribution in [3.8, 4) is 0 Å². The first kappa shape index (κ1) is 61.0. The molecule has 0 N–H and O–H groups in total. The van der Waals surface area contributed by atoms with E-state index in [0.29, 0.717) is 0 Å². The second kappa shape index (κ2) is 29.4. The third-order valence-electron chi connectivity index (χ3n) is 19.9. The molecule has 7 aromatic heterocycles. The molecule has 0 atom stereocenters. The van der Waals surface area contributed by atoms with Crippen LogP contribution in [0.1, 0.15) is 213 Å². The summed E-state index contributed by atoms with van der Waals surface area (Å²) in [7, 11) is 0. The van der Waals surface area contributed by atoms with Crippen LogP contribution >= 0.6 is 0 Å². The highest BCUT2D eigenvalue weighted by molar-refractivity contribution is 6.14. The molecule has 0 fully saturated rings. The van der Waals surface area contributed by atoms with Gasteiger partial charge in [0.15, 0.2) is 0 Å². The van der Waals surface area contributed by atoms with Gasteiger partial charge >= 0.3 is 0 Å². The van der Waals surface area contributed by atoms with E-state index in [1.54, 1.807) is 0 Å². The van der Waals surface area contributed by atoms with Gasteiger partial charge in [-0.1, -0.05) is 228 Å². The number of unbranched alkanes of at least 4 members (excludes halogenated alkanes) is 27. The molecule has 6 aromatic carbocycles. The summed E-state index contributed by atoms with van der Waals surface area (Å²) < 4.78 is 13.5. The Balaban J connectivity index is 0.918. The lowest BCUT2D eigenvalue weighted by molar-refractivity contribution is 0.541. The predicted molar refractivity (Wildman–Crippen MR) is 380 cm³/mol. The van der Waals surface area contributed by atoms with Gasteiger partial charge in [-0.05, 0) is 110 Å². The van der Waals surface area contributed by atoms with Crippen molar-refractivity contribution in [3.63, 3.8) is 0 Å². The van der Waals surface area contributed by atoms with E-state index in [1.807, 2.05) is 13.5 Å². The largest absolute Gasteiger partial charge is 0.340 e. The summed E-state index contributed by atoms with van der Waals surface area (Å²) in [5, 5.41) is 39.5. The molecule has 0 spiro atoms. The van der Waals surface area contributed by atoms with Crippen LogP contribution in [0, 0.1) is 0 Å². The zero-order chi connectivity index (χ0) is 61.0. The summed E-state index contributed by atoms with van der Waals surface area (Å²) in [6.07, 6.45) is 45.7. The molecular weight excluding hydrogens is 1100 g/mol. The van der Waals surface area contributed by atoms with Crippen molar-refractivity contribution in [1.82, 2.24) is 58.2 Å². The number of aryl methyl sites for hydroxylation is 3. The Morgan fingerprint density at radius 1 is 0.244 bits per heavy atom. The van der Waals surface area contributed by atoms with Gasteiger partial charge in [0.05, 0.1) is 35.1 Å². The maximum absolute atomic E-state index is 4.89. The van der Waals surface area contributed by atoms with Gasteiger partial charge in [0.1, 0.15) is 16.6 Å². The predicted octanol–water partition coefficient (Wildman–Crippen LogP) is 22.0. The fraction of sp³-hybridized carbons (Fsp3) is 0.462. The van der Waals surface area contributed by atoms with Crippen LogP contribution in [0.4, 0.5) is 0 Å². The molecule has 0 amide bonds. The van der Waals surface area contributed by atoms with Gasteiger partial charge < -0.3 is 13.7 Å². The van der Waals surface area contributed by atoms with Gasteiger partial charge in [-0.15, -0.1) is 15.3 Å². The zero-order valence-corrected chi connectivity index (χ0v) is 54.3. The number of nitrogens with zero attached hydrogens (tertiary/aromatic N) is 12. The SMILES string of the molecule is CCCCCCCCCCCCn1c2ccc3cc2c2cc(ccc21)c1cn(nn1)c1ccc2c(c1)c1cc(ccc1n2CCCCCCCCCCCC)n1cc(nn1)c1ccc2c(c1)c1cc(ccc1n2CCCCCCCCCCCC)n1cc3nn1. The average molecular weight is 1200 g/mol. The maximum Gasteiger partial charge on any atom is 0.113 e. The molecule has 0 aliphatic heterocycles. The van der Waals surface area contributed by atoms with E-state index in [0.717, 1.165) is 88.2 Å². The van der Waals surface area contributed by atoms with E-state index < -0.39 is 0 Å². The summed E-state index contributed by atoms with van der Waals surface area (Å²) in [4.78, 5) is 0. The van der Waals surface area contributed by atoms with Gasteiger partial charge in [0.2, 0.25) is 0 Å². The minimum Gasteiger partial charge on any atom is -0.340 e. The third kappa shape index (κ3) is 13.5. The third-order valence-corrected chi connectivity index (χ3v) is 19.9. The molecule has 13 aromatic rings. The van der Waals surface area contributed by atoms with E-state index in [1.165, 1.54) is 239 Å². The molecule has 0 unspecified atom stereocenters. The Kier molecular flexibility index (Phi) is 19.9. The molecule has 18 bridgehead atoms. The highest BCUT2D eigenvalue weighted by Crippen LogP contribution is 2.37. The normalized spacial score (nSPS) is 12.3. The van der Waals surface area contributed by atoms with Crippen LogP contribution in [0.15, 0.2) is 128 Å². The zero-order valence-electron chi connectivity index (χ0n) is 54.3. The number of fused-ring (bicyclic) bond motifs is 18. The Labute approximate surface area is 531 Å².